The fourth-order valence-electron chi connectivity index (χ4n) is 2.27. The summed E-state index contributed by atoms with van der Waals surface area (Å²) in [6, 6.07) is 10.9. The number of rotatable bonds is 7. The Morgan fingerprint density at radius 3 is 2.70 bits per heavy atom. The van der Waals surface area contributed by atoms with Crippen molar-refractivity contribution < 1.29 is 0 Å². The summed E-state index contributed by atoms with van der Waals surface area (Å²) >= 11 is 1.73. The molecule has 0 saturated carbocycles. The van der Waals surface area contributed by atoms with Crippen molar-refractivity contribution in [2.75, 3.05) is 25.0 Å². The van der Waals surface area contributed by atoms with Crippen LogP contribution in [0.25, 0.3) is 0 Å². The minimum absolute atomic E-state index is 0.393. The Hall–Kier alpha value is -1.39. The lowest BCUT2D eigenvalue weighted by atomic mass is 10.2. The molecule has 2 aromatic rings. The normalized spacial score (nSPS) is 12.3. The monoisotopic (exact) mass is 289 g/mol. The van der Waals surface area contributed by atoms with Gasteiger partial charge < -0.3 is 10.2 Å². The van der Waals surface area contributed by atoms with E-state index in [1.165, 1.54) is 10.6 Å². The number of hydrogen-bond acceptors (Lipinski definition) is 4. The summed E-state index contributed by atoms with van der Waals surface area (Å²) in [4.78, 5) is 7.95. The molecule has 0 aliphatic rings. The highest BCUT2D eigenvalue weighted by Gasteiger charge is 2.09. The van der Waals surface area contributed by atoms with E-state index in [2.05, 4.69) is 66.4 Å². The highest BCUT2D eigenvalue weighted by molar-refractivity contribution is 7.09. The molecule has 0 bridgehead atoms. The first kappa shape index (κ1) is 15.0. The molecular weight excluding hydrogens is 266 g/mol. The summed E-state index contributed by atoms with van der Waals surface area (Å²) in [7, 11) is 2.14. The van der Waals surface area contributed by atoms with E-state index in [0.717, 1.165) is 25.2 Å². The van der Waals surface area contributed by atoms with Crippen molar-refractivity contribution in [2.24, 2.45) is 0 Å². The second-order valence-corrected chi connectivity index (χ2v) is 5.97. The number of anilines is 1. The van der Waals surface area contributed by atoms with Crippen LogP contribution >= 0.6 is 11.3 Å². The van der Waals surface area contributed by atoms with E-state index in [4.69, 9.17) is 0 Å². The van der Waals surface area contributed by atoms with Gasteiger partial charge in [0.1, 0.15) is 0 Å². The maximum atomic E-state index is 4.30. The molecule has 1 N–H and O–H groups in total. The van der Waals surface area contributed by atoms with Crippen LogP contribution in [0.2, 0.25) is 0 Å². The van der Waals surface area contributed by atoms with Crippen LogP contribution in [-0.2, 0) is 0 Å². The average Bonchev–Trinajstić information content (AvgIpc) is 2.90. The van der Waals surface area contributed by atoms with Gasteiger partial charge in [0.25, 0.3) is 0 Å². The topological polar surface area (TPSA) is 28.2 Å². The first-order valence-electron chi connectivity index (χ1n) is 7.08. The number of para-hydroxylation sites is 1. The van der Waals surface area contributed by atoms with E-state index in [1.54, 1.807) is 11.3 Å². The summed E-state index contributed by atoms with van der Waals surface area (Å²) in [5.41, 5.74) is 4.35. The quantitative estimate of drug-likeness (QED) is 0.789. The zero-order valence-electron chi connectivity index (χ0n) is 12.5. The van der Waals surface area contributed by atoms with E-state index in [0.29, 0.717) is 6.04 Å². The van der Waals surface area contributed by atoms with Crippen molar-refractivity contribution in [3.05, 3.63) is 46.4 Å². The zero-order valence-corrected chi connectivity index (χ0v) is 13.3. The number of aromatic nitrogens is 1. The van der Waals surface area contributed by atoms with Gasteiger partial charge in [-0.1, -0.05) is 18.2 Å². The van der Waals surface area contributed by atoms with Crippen molar-refractivity contribution >= 4 is 17.0 Å². The first-order chi connectivity index (χ1) is 9.68. The van der Waals surface area contributed by atoms with Crippen molar-refractivity contribution in [1.29, 1.82) is 0 Å². The lowest BCUT2D eigenvalue weighted by molar-refractivity contribution is 0.562. The van der Waals surface area contributed by atoms with Crippen LogP contribution in [0, 0.1) is 6.92 Å². The molecule has 3 nitrogen and oxygen atoms in total. The summed E-state index contributed by atoms with van der Waals surface area (Å²) in [5, 5.41) is 3.58. The van der Waals surface area contributed by atoms with Gasteiger partial charge in [0, 0.05) is 30.2 Å². The fraction of sp³-hybridized carbons (Fsp3) is 0.438. The molecule has 4 heteroatoms. The van der Waals surface area contributed by atoms with Gasteiger partial charge in [-0.2, -0.15) is 0 Å². The number of hydrogen-bond donors (Lipinski definition) is 1. The van der Waals surface area contributed by atoms with Crippen molar-refractivity contribution in [3.63, 3.8) is 0 Å². The molecule has 1 heterocycles. The molecule has 0 spiro atoms. The molecule has 1 aromatic heterocycles. The van der Waals surface area contributed by atoms with E-state index in [-0.39, 0.29) is 0 Å². The van der Waals surface area contributed by atoms with Crippen molar-refractivity contribution in [1.82, 2.24) is 10.3 Å². The van der Waals surface area contributed by atoms with Crippen LogP contribution in [-0.4, -0.2) is 25.1 Å². The minimum Gasteiger partial charge on any atom is -0.375 e. The summed E-state index contributed by atoms with van der Waals surface area (Å²) in [6.07, 6.45) is 1.13. The van der Waals surface area contributed by atoms with Crippen LogP contribution < -0.4 is 10.2 Å². The molecule has 0 aliphatic carbocycles. The largest absolute Gasteiger partial charge is 0.375 e. The van der Waals surface area contributed by atoms with Crippen LogP contribution in [0.1, 0.15) is 30.0 Å². The van der Waals surface area contributed by atoms with E-state index in [1.807, 2.05) is 5.51 Å². The maximum absolute atomic E-state index is 4.30. The van der Waals surface area contributed by atoms with Crippen LogP contribution in [0.5, 0.6) is 0 Å². The average molecular weight is 289 g/mol. The van der Waals surface area contributed by atoms with Gasteiger partial charge >= 0.3 is 0 Å². The summed E-state index contributed by atoms with van der Waals surface area (Å²) in [5.74, 6) is 0. The SMILES string of the molecule is Cc1ncsc1C(C)NCCCN(C)c1ccccc1. The molecule has 0 radical (unpaired) electrons. The number of nitrogens with zero attached hydrogens (tertiary/aromatic N) is 2. The second kappa shape index (κ2) is 7.41. The minimum atomic E-state index is 0.393. The van der Waals surface area contributed by atoms with Gasteiger partial charge in [-0.05, 0) is 38.9 Å². The maximum Gasteiger partial charge on any atom is 0.0798 e. The Balaban J connectivity index is 1.70. The highest BCUT2D eigenvalue weighted by atomic mass is 32.1. The van der Waals surface area contributed by atoms with Crippen LogP contribution in [0.3, 0.4) is 0 Å². The van der Waals surface area contributed by atoms with Gasteiger partial charge in [-0.3, -0.25) is 0 Å². The van der Waals surface area contributed by atoms with Crippen molar-refractivity contribution in [2.45, 2.75) is 26.3 Å². The highest BCUT2D eigenvalue weighted by Crippen LogP contribution is 2.20. The third-order valence-electron chi connectivity index (χ3n) is 3.49. The smallest absolute Gasteiger partial charge is 0.0798 e. The number of benzene rings is 1. The molecular formula is C16H23N3S. The van der Waals surface area contributed by atoms with Crippen LogP contribution in [0.15, 0.2) is 35.8 Å². The molecule has 0 amide bonds. The Bertz CT molecular complexity index is 509. The first-order valence-corrected chi connectivity index (χ1v) is 7.96. The molecule has 0 saturated heterocycles. The second-order valence-electron chi connectivity index (χ2n) is 5.09. The molecule has 20 heavy (non-hydrogen) atoms. The fourth-order valence-corrected chi connectivity index (χ4v) is 3.10. The Kier molecular flexibility index (Phi) is 5.56. The number of aryl methyl sites for hydroxylation is 1. The van der Waals surface area contributed by atoms with Crippen molar-refractivity contribution in [3.8, 4) is 0 Å². The third-order valence-corrected chi connectivity index (χ3v) is 4.61. The van der Waals surface area contributed by atoms with Gasteiger partial charge in [0.05, 0.1) is 11.2 Å². The van der Waals surface area contributed by atoms with Gasteiger partial charge in [-0.25, -0.2) is 4.98 Å². The van der Waals surface area contributed by atoms with Gasteiger partial charge in [0.2, 0.25) is 0 Å². The third kappa shape index (κ3) is 4.05. The predicted octanol–water partition coefficient (Wildman–Crippen LogP) is 3.63. The molecule has 108 valence electrons. The Morgan fingerprint density at radius 2 is 2.05 bits per heavy atom. The van der Waals surface area contributed by atoms with E-state index < -0.39 is 0 Å². The Labute approximate surface area is 125 Å². The van der Waals surface area contributed by atoms with E-state index >= 15 is 0 Å². The lowest BCUT2D eigenvalue weighted by Crippen LogP contribution is -2.25. The molecule has 1 aromatic carbocycles. The molecule has 0 fully saturated rings. The van der Waals surface area contributed by atoms with Gasteiger partial charge in [0.15, 0.2) is 0 Å². The van der Waals surface area contributed by atoms with Crippen LogP contribution in [0.4, 0.5) is 5.69 Å². The molecule has 2 rings (SSSR count). The Morgan fingerprint density at radius 1 is 1.30 bits per heavy atom. The summed E-state index contributed by atoms with van der Waals surface area (Å²) in [6.45, 7) is 6.37. The number of nitrogens with one attached hydrogen (secondary N) is 1. The predicted molar refractivity (Wildman–Crippen MR) is 87.6 cm³/mol. The number of thiazole rings is 1. The van der Waals surface area contributed by atoms with E-state index in [9.17, 15) is 0 Å². The molecule has 1 atom stereocenters. The standard InChI is InChI=1S/C16H23N3S/c1-13(16-14(2)18-12-20-16)17-10-7-11-19(3)15-8-5-4-6-9-15/h4-6,8-9,12-13,17H,7,10-11H2,1-3H3. The van der Waals surface area contributed by atoms with Gasteiger partial charge in [-0.15, -0.1) is 11.3 Å². The molecule has 0 aliphatic heterocycles. The lowest BCUT2D eigenvalue weighted by Gasteiger charge is -2.20. The zero-order chi connectivity index (χ0) is 14.4. The summed E-state index contributed by atoms with van der Waals surface area (Å²) < 4.78 is 0. The molecule has 1 unspecified atom stereocenters.